The van der Waals surface area contributed by atoms with E-state index in [0.29, 0.717) is 24.2 Å². The van der Waals surface area contributed by atoms with E-state index in [-0.39, 0.29) is 5.91 Å². The molecule has 11 heteroatoms. The van der Waals surface area contributed by atoms with E-state index in [9.17, 15) is 18.0 Å². The summed E-state index contributed by atoms with van der Waals surface area (Å²) in [4.78, 5) is 25.6. The van der Waals surface area contributed by atoms with Crippen molar-refractivity contribution in [2.75, 3.05) is 20.6 Å². The molecule has 0 aliphatic carbocycles. The Morgan fingerprint density at radius 2 is 1.97 bits per heavy atom. The molecule has 166 valence electrons. The highest BCUT2D eigenvalue weighted by Crippen LogP contribution is 2.24. The Bertz CT molecular complexity index is 1010. The van der Waals surface area contributed by atoms with Crippen molar-refractivity contribution in [3.63, 3.8) is 0 Å². The number of amides is 1. The number of carbonyl (C=O) groups is 2. The molecule has 8 nitrogen and oxygen atoms in total. The van der Waals surface area contributed by atoms with Crippen LogP contribution in [0.5, 0.6) is 0 Å². The highest BCUT2D eigenvalue weighted by atomic mass is 19.4. The van der Waals surface area contributed by atoms with Crippen molar-refractivity contribution in [3.8, 4) is 6.07 Å². The van der Waals surface area contributed by atoms with Gasteiger partial charge in [-0.25, -0.2) is 4.79 Å². The number of carbonyl (C=O) groups excluding carboxylic acids is 1. The standard InChI is InChI=1S/C18H21N5O.C2HF3O2/c1-21(2)11-16-15-7-8-23(12-17(15)22(3)20-16)18(24)14-6-4-5-13(9-14)10-19;3-2(4,5)1(6)7/h4-6,9H,7-8,11-12H2,1-3H3;(H,6,7). The third-order valence-corrected chi connectivity index (χ3v) is 4.56. The number of aromatic nitrogens is 2. The van der Waals surface area contributed by atoms with Crippen LogP contribution in [-0.2, 0) is 31.4 Å². The van der Waals surface area contributed by atoms with Crippen molar-refractivity contribution in [1.82, 2.24) is 19.6 Å². The van der Waals surface area contributed by atoms with Gasteiger partial charge in [0.25, 0.3) is 5.91 Å². The quantitative estimate of drug-likeness (QED) is 0.790. The molecule has 0 saturated carbocycles. The minimum Gasteiger partial charge on any atom is -0.475 e. The summed E-state index contributed by atoms with van der Waals surface area (Å²) in [5, 5.41) is 20.8. The summed E-state index contributed by atoms with van der Waals surface area (Å²) in [5.74, 6) is -2.79. The Morgan fingerprint density at radius 1 is 1.32 bits per heavy atom. The van der Waals surface area contributed by atoms with E-state index in [1.165, 1.54) is 5.56 Å². The maximum Gasteiger partial charge on any atom is 0.490 e. The van der Waals surface area contributed by atoms with Gasteiger partial charge in [0.05, 0.1) is 29.6 Å². The Balaban J connectivity index is 0.000000423. The first-order chi connectivity index (χ1) is 14.4. The topological polar surface area (TPSA) is 102 Å². The molecule has 2 heterocycles. The normalized spacial score (nSPS) is 13.2. The van der Waals surface area contributed by atoms with Crippen LogP contribution in [-0.4, -0.2) is 63.4 Å². The SMILES string of the molecule is CN(C)Cc1nn(C)c2c1CCN(C(=O)c1cccc(C#N)c1)C2.O=C(O)C(F)(F)F. The minimum atomic E-state index is -5.08. The molecular formula is C20H22F3N5O3. The minimum absolute atomic E-state index is 0.0342. The molecular weight excluding hydrogens is 415 g/mol. The number of carboxylic acid groups (broad SMARTS) is 1. The Kier molecular flexibility index (Phi) is 7.41. The zero-order chi connectivity index (χ0) is 23.3. The second-order valence-corrected chi connectivity index (χ2v) is 7.21. The Hall–Kier alpha value is -3.39. The van der Waals surface area contributed by atoms with E-state index in [1.54, 1.807) is 24.3 Å². The number of aliphatic carboxylic acids is 1. The lowest BCUT2D eigenvalue weighted by Gasteiger charge is -2.28. The average Bonchev–Trinajstić information content (AvgIpc) is 3.01. The molecule has 0 bridgehead atoms. The highest BCUT2D eigenvalue weighted by molar-refractivity contribution is 5.94. The van der Waals surface area contributed by atoms with Gasteiger partial charge in [-0.1, -0.05) is 6.07 Å². The third kappa shape index (κ3) is 6.05. The number of benzene rings is 1. The summed E-state index contributed by atoms with van der Waals surface area (Å²) in [6.45, 7) is 2.04. The van der Waals surface area contributed by atoms with Crippen LogP contribution in [0.1, 0.15) is 32.9 Å². The van der Waals surface area contributed by atoms with Crippen LogP contribution in [0.3, 0.4) is 0 Å². The fourth-order valence-electron chi connectivity index (χ4n) is 3.16. The molecule has 0 unspecified atom stereocenters. The first-order valence-corrected chi connectivity index (χ1v) is 9.22. The van der Waals surface area contributed by atoms with Crippen molar-refractivity contribution in [2.24, 2.45) is 7.05 Å². The van der Waals surface area contributed by atoms with Gasteiger partial charge in [0, 0.05) is 31.3 Å². The molecule has 3 rings (SSSR count). The summed E-state index contributed by atoms with van der Waals surface area (Å²) in [6, 6.07) is 8.96. The zero-order valence-electron chi connectivity index (χ0n) is 17.3. The van der Waals surface area contributed by atoms with Gasteiger partial charge in [-0.3, -0.25) is 9.48 Å². The van der Waals surface area contributed by atoms with Gasteiger partial charge in [-0.15, -0.1) is 0 Å². The van der Waals surface area contributed by atoms with Gasteiger partial charge in [0.1, 0.15) is 0 Å². The fraction of sp³-hybridized carbons (Fsp3) is 0.400. The summed E-state index contributed by atoms with van der Waals surface area (Å²) < 4.78 is 33.6. The van der Waals surface area contributed by atoms with Gasteiger partial charge in [0.2, 0.25) is 0 Å². The monoisotopic (exact) mass is 437 g/mol. The van der Waals surface area contributed by atoms with Gasteiger partial charge in [0.15, 0.2) is 0 Å². The second-order valence-electron chi connectivity index (χ2n) is 7.21. The van der Waals surface area contributed by atoms with Crippen LogP contribution in [0.4, 0.5) is 13.2 Å². The zero-order valence-corrected chi connectivity index (χ0v) is 17.3. The van der Waals surface area contributed by atoms with Crippen LogP contribution in [0.15, 0.2) is 24.3 Å². The number of hydrogen-bond donors (Lipinski definition) is 1. The second kappa shape index (κ2) is 9.61. The maximum absolute atomic E-state index is 12.8. The predicted molar refractivity (Wildman–Crippen MR) is 104 cm³/mol. The van der Waals surface area contributed by atoms with Crippen LogP contribution in [0.25, 0.3) is 0 Å². The molecule has 2 aromatic rings. The first kappa shape index (κ1) is 23.9. The summed E-state index contributed by atoms with van der Waals surface area (Å²) in [7, 11) is 5.99. The number of hydrogen-bond acceptors (Lipinski definition) is 5. The molecule has 0 spiro atoms. The van der Waals surface area contributed by atoms with Crippen molar-refractivity contribution in [2.45, 2.75) is 25.7 Å². The molecule has 0 atom stereocenters. The Labute approximate surface area is 177 Å². The van der Waals surface area contributed by atoms with Crippen LogP contribution in [0, 0.1) is 11.3 Å². The van der Waals surface area contributed by atoms with Crippen molar-refractivity contribution in [1.29, 1.82) is 5.26 Å². The number of carboxylic acids is 1. The van der Waals surface area contributed by atoms with Crippen molar-refractivity contribution in [3.05, 3.63) is 52.3 Å². The first-order valence-electron chi connectivity index (χ1n) is 9.22. The van der Waals surface area contributed by atoms with Crippen LogP contribution in [0.2, 0.25) is 0 Å². The third-order valence-electron chi connectivity index (χ3n) is 4.56. The summed E-state index contributed by atoms with van der Waals surface area (Å²) in [5.41, 5.74) is 4.53. The van der Waals surface area contributed by atoms with E-state index in [0.717, 1.165) is 24.4 Å². The molecule has 1 aromatic carbocycles. The molecule has 0 saturated heterocycles. The molecule has 1 amide bonds. The molecule has 0 fully saturated rings. The van der Waals surface area contributed by atoms with Gasteiger partial charge in [-0.05, 0) is 38.7 Å². The highest BCUT2D eigenvalue weighted by Gasteiger charge is 2.38. The van der Waals surface area contributed by atoms with Crippen LogP contribution < -0.4 is 0 Å². The smallest absolute Gasteiger partial charge is 0.475 e. The lowest BCUT2D eigenvalue weighted by Crippen LogP contribution is -2.36. The van der Waals surface area contributed by atoms with E-state index < -0.39 is 12.1 Å². The lowest BCUT2D eigenvalue weighted by atomic mass is 10.0. The number of aryl methyl sites for hydroxylation is 1. The van der Waals surface area contributed by atoms with Crippen molar-refractivity contribution < 1.29 is 27.9 Å². The molecule has 1 aliphatic heterocycles. The average molecular weight is 437 g/mol. The summed E-state index contributed by atoms with van der Waals surface area (Å²) in [6.07, 6.45) is -4.27. The van der Waals surface area contributed by atoms with Gasteiger partial charge >= 0.3 is 12.1 Å². The predicted octanol–water partition coefficient (Wildman–Crippen LogP) is 2.19. The Morgan fingerprint density at radius 3 is 2.52 bits per heavy atom. The molecule has 1 aliphatic rings. The number of nitriles is 1. The number of alkyl halides is 3. The van der Waals surface area contributed by atoms with Crippen molar-refractivity contribution >= 4 is 11.9 Å². The number of rotatable bonds is 3. The molecule has 31 heavy (non-hydrogen) atoms. The van der Waals surface area contributed by atoms with Gasteiger partial charge in [-0.2, -0.15) is 23.5 Å². The summed E-state index contributed by atoms with van der Waals surface area (Å²) >= 11 is 0. The van der Waals surface area contributed by atoms with E-state index >= 15 is 0 Å². The van der Waals surface area contributed by atoms with Gasteiger partial charge < -0.3 is 14.9 Å². The molecule has 0 radical (unpaired) electrons. The number of fused-ring (bicyclic) bond motifs is 1. The number of nitrogens with zero attached hydrogens (tertiary/aromatic N) is 5. The lowest BCUT2D eigenvalue weighted by molar-refractivity contribution is -0.192. The number of halogens is 3. The van der Waals surface area contributed by atoms with E-state index in [2.05, 4.69) is 16.1 Å². The maximum atomic E-state index is 12.8. The fourth-order valence-corrected chi connectivity index (χ4v) is 3.16. The van der Waals surface area contributed by atoms with E-state index in [4.69, 9.17) is 15.2 Å². The molecule has 1 N–H and O–H groups in total. The largest absolute Gasteiger partial charge is 0.490 e. The van der Waals surface area contributed by atoms with E-state index in [1.807, 2.05) is 30.7 Å². The molecule has 1 aromatic heterocycles. The van der Waals surface area contributed by atoms with Crippen LogP contribution >= 0.6 is 0 Å².